The van der Waals surface area contributed by atoms with Gasteiger partial charge >= 0.3 is 0 Å². The second-order valence-corrected chi connectivity index (χ2v) is 3.42. The number of imidazole rings is 1. The van der Waals surface area contributed by atoms with Gasteiger partial charge in [0.05, 0.1) is 11.9 Å². The molecule has 4 nitrogen and oxygen atoms in total. The highest BCUT2D eigenvalue weighted by Crippen LogP contribution is 2.18. The molecule has 0 fully saturated rings. The SMILES string of the molecule is CC(CN)c1ncc(-c2cc[nH]c2)[nH]1. The van der Waals surface area contributed by atoms with Gasteiger partial charge in [-0.05, 0) is 6.07 Å². The van der Waals surface area contributed by atoms with Crippen LogP contribution in [0.1, 0.15) is 18.7 Å². The number of aromatic nitrogens is 3. The van der Waals surface area contributed by atoms with Crippen molar-refractivity contribution in [1.82, 2.24) is 15.0 Å². The number of hydrogen-bond acceptors (Lipinski definition) is 2. The summed E-state index contributed by atoms with van der Waals surface area (Å²) in [6.45, 7) is 2.67. The van der Waals surface area contributed by atoms with Crippen LogP contribution in [0.15, 0.2) is 24.7 Å². The molecule has 2 rings (SSSR count). The van der Waals surface area contributed by atoms with E-state index in [1.165, 1.54) is 0 Å². The number of nitrogens with one attached hydrogen (secondary N) is 2. The van der Waals surface area contributed by atoms with E-state index in [2.05, 4.69) is 21.9 Å². The predicted octanol–water partition coefficient (Wildman–Crippen LogP) is 1.47. The maximum atomic E-state index is 5.57. The van der Waals surface area contributed by atoms with Crippen molar-refractivity contribution in [2.75, 3.05) is 6.54 Å². The van der Waals surface area contributed by atoms with Crippen molar-refractivity contribution in [3.8, 4) is 11.3 Å². The van der Waals surface area contributed by atoms with E-state index < -0.39 is 0 Å². The van der Waals surface area contributed by atoms with E-state index in [-0.39, 0.29) is 5.92 Å². The van der Waals surface area contributed by atoms with Gasteiger partial charge in [-0.1, -0.05) is 6.92 Å². The van der Waals surface area contributed by atoms with Crippen molar-refractivity contribution >= 4 is 0 Å². The standard InChI is InChI=1S/C10H14N4/c1-7(4-11)10-13-6-9(14-10)8-2-3-12-5-8/h2-3,5-7,12H,4,11H2,1H3,(H,13,14). The molecular formula is C10H14N4. The minimum Gasteiger partial charge on any atom is -0.367 e. The molecule has 4 heteroatoms. The fourth-order valence-corrected chi connectivity index (χ4v) is 1.34. The Kier molecular flexibility index (Phi) is 2.37. The van der Waals surface area contributed by atoms with E-state index in [9.17, 15) is 0 Å². The first-order valence-corrected chi connectivity index (χ1v) is 4.69. The lowest BCUT2D eigenvalue weighted by atomic mass is 10.2. The van der Waals surface area contributed by atoms with Crippen LogP contribution in [0.5, 0.6) is 0 Å². The quantitative estimate of drug-likeness (QED) is 0.685. The summed E-state index contributed by atoms with van der Waals surface area (Å²) in [5.41, 5.74) is 7.71. The molecule has 0 saturated carbocycles. The zero-order chi connectivity index (χ0) is 9.97. The van der Waals surface area contributed by atoms with E-state index in [1.807, 2.05) is 24.7 Å². The molecule has 0 spiro atoms. The summed E-state index contributed by atoms with van der Waals surface area (Å²) in [7, 11) is 0. The van der Waals surface area contributed by atoms with Gasteiger partial charge in [-0.3, -0.25) is 0 Å². The van der Waals surface area contributed by atoms with Gasteiger partial charge < -0.3 is 15.7 Å². The number of nitrogens with zero attached hydrogens (tertiary/aromatic N) is 1. The van der Waals surface area contributed by atoms with Crippen molar-refractivity contribution in [2.24, 2.45) is 5.73 Å². The molecule has 0 radical (unpaired) electrons. The maximum absolute atomic E-state index is 5.57. The fourth-order valence-electron chi connectivity index (χ4n) is 1.34. The molecule has 0 aromatic carbocycles. The van der Waals surface area contributed by atoms with Crippen LogP contribution in [0, 0.1) is 0 Å². The third-order valence-electron chi connectivity index (χ3n) is 2.32. The number of H-pyrrole nitrogens is 2. The van der Waals surface area contributed by atoms with E-state index >= 15 is 0 Å². The molecule has 4 N–H and O–H groups in total. The van der Waals surface area contributed by atoms with Crippen LogP contribution in [0.2, 0.25) is 0 Å². The lowest BCUT2D eigenvalue weighted by Gasteiger charge is -2.02. The average Bonchev–Trinajstić information content (AvgIpc) is 2.86. The Balaban J connectivity index is 2.26. The summed E-state index contributed by atoms with van der Waals surface area (Å²) in [4.78, 5) is 10.6. The van der Waals surface area contributed by atoms with Crippen molar-refractivity contribution in [3.05, 3.63) is 30.5 Å². The van der Waals surface area contributed by atoms with Gasteiger partial charge in [0.1, 0.15) is 5.82 Å². The van der Waals surface area contributed by atoms with Gasteiger partial charge in [0, 0.05) is 30.4 Å². The zero-order valence-corrected chi connectivity index (χ0v) is 8.12. The van der Waals surface area contributed by atoms with Crippen molar-refractivity contribution in [3.63, 3.8) is 0 Å². The minimum absolute atomic E-state index is 0.280. The summed E-state index contributed by atoms with van der Waals surface area (Å²) in [6.07, 6.45) is 5.66. The Labute approximate surface area is 82.6 Å². The highest BCUT2D eigenvalue weighted by Gasteiger charge is 2.08. The van der Waals surface area contributed by atoms with Gasteiger partial charge in [0.15, 0.2) is 0 Å². The predicted molar refractivity (Wildman–Crippen MR) is 55.8 cm³/mol. The molecule has 0 bridgehead atoms. The third-order valence-corrected chi connectivity index (χ3v) is 2.32. The van der Waals surface area contributed by atoms with Crippen LogP contribution in [-0.4, -0.2) is 21.5 Å². The second kappa shape index (κ2) is 3.67. The molecule has 74 valence electrons. The van der Waals surface area contributed by atoms with Crippen LogP contribution in [0.4, 0.5) is 0 Å². The Morgan fingerprint density at radius 2 is 2.43 bits per heavy atom. The summed E-state index contributed by atoms with van der Waals surface area (Å²) >= 11 is 0. The molecule has 0 saturated heterocycles. The van der Waals surface area contributed by atoms with Gasteiger partial charge in [0.2, 0.25) is 0 Å². The number of hydrogen-bond donors (Lipinski definition) is 3. The summed E-state index contributed by atoms with van der Waals surface area (Å²) in [5, 5.41) is 0. The van der Waals surface area contributed by atoms with E-state index in [0.29, 0.717) is 6.54 Å². The molecule has 2 heterocycles. The zero-order valence-electron chi connectivity index (χ0n) is 8.12. The van der Waals surface area contributed by atoms with Crippen molar-refractivity contribution < 1.29 is 0 Å². The Morgan fingerprint density at radius 1 is 1.57 bits per heavy atom. The molecule has 14 heavy (non-hydrogen) atoms. The van der Waals surface area contributed by atoms with Crippen LogP contribution in [-0.2, 0) is 0 Å². The number of rotatable bonds is 3. The normalized spacial score (nSPS) is 13.0. The van der Waals surface area contributed by atoms with Crippen LogP contribution in [0.3, 0.4) is 0 Å². The monoisotopic (exact) mass is 190 g/mol. The Morgan fingerprint density at radius 3 is 3.07 bits per heavy atom. The minimum atomic E-state index is 0.280. The lowest BCUT2D eigenvalue weighted by Crippen LogP contribution is -2.10. The Hall–Kier alpha value is -1.55. The fraction of sp³-hybridized carbons (Fsp3) is 0.300. The molecule has 0 aliphatic carbocycles. The van der Waals surface area contributed by atoms with Crippen LogP contribution < -0.4 is 5.73 Å². The number of nitrogens with two attached hydrogens (primary N) is 1. The third kappa shape index (κ3) is 1.56. The van der Waals surface area contributed by atoms with E-state index in [0.717, 1.165) is 17.1 Å². The molecular weight excluding hydrogens is 176 g/mol. The highest BCUT2D eigenvalue weighted by molar-refractivity contribution is 5.57. The van der Waals surface area contributed by atoms with Crippen molar-refractivity contribution in [2.45, 2.75) is 12.8 Å². The second-order valence-electron chi connectivity index (χ2n) is 3.42. The highest BCUT2D eigenvalue weighted by atomic mass is 14.9. The van der Waals surface area contributed by atoms with Gasteiger partial charge in [0.25, 0.3) is 0 Å². The first kappa shape index (κ1) is 9.02. The molecule has 0 amide bonds. The Bertz CT molecular complexity index is 388. The summed E-state index contributed by atoms with van der Waals surface area (Å²) < 4.78 is 0. The molecule has 0 aliphatic rings. The molecule has 1 atom stereocenters. The van der Waals surface area contributed by atoms with E-state index in [4.69, 9.17) is 5.73 Å². The van der Waals surface area contributed by atoms with Crippen molar-refractivity contribution in [1.29, 1.82) is 0 Å². The molecule has 1 unspecified atom stereocenters. The van der Waals surface area contributed by atoms with Crippen LogP contribution in [0.25, 0.3) is 11.3 Å². The smallest absolute Gasteiger partial charge is 0.110 e. The maximum Gasteiger partial charge on any atom is 0.110 e. The molecule has 2 aromatic heterocycles. The lowest BCUT2D eigenvalue weighted by molar-refractivity contribution is 0.725. The molecule has 2 aromatic rings. The number of aromatic amines is 2. The first-order valence-electron chi connectivity index (χ1n) is 4.69. The summed E-state index contributed by atoms with van der Waals surface area (Å²) in [5.74, 6) is 1.23. The van der Waals surface area contributed by atoms with Crippen LogP contribution >= 0.6 is 0 Å². The topological polar surface area (TPSA) is 70.5 Å². The van der Waals surface area contributed by atoms with Gasteiger partial charge in [-0.2, -0.15) is 0 Å². The first-order chi connectivity index (χ1) is 6.81. The van der Waals surface area contributed by atoms with E-state index in [1.54, 1.807) is 0 Å². The average molecular weight is 190 g/mol. The molecule has 0 aliphatic heterocycles. The van der Waals surface area contributed by atoms with Gasteiger partial charge in [-0.15, -0.1) is 0 Å². The largest absolute Gasteiger partial charge is 0.367 e. The summed E-state index contributed by atoms with van der Waals surface area (Å²) in [6, 6.07) is 2.00. The van der Waals surface area contributed by atoms with Gasteiger partial charge in [-0.25, -0.2) is 4.98 Å².